The molecular formula is C14H13F3N2O. The Hall–Kier alpha value is -2.24. The number of benzene rings is 1. The summed E-state index contributed by atoms with van der Waals surface area (Å²) in [4.78, 5) is 4.00. The maximum atomic E-state index is 12.3. The van der Waals surface area contributed by atoms with E-state index in [-0.39, 0.29) is 12.3 Å². The molecule has 0 aliphatic heterocycles. The highest BCUT2D eigenvalue weighted by Gasteiger charge is 2.31. The summed E-state index contributed by atoms with van der Waals surface area (Å²) in [5.74, 6) is -0.201. The Morgan fingerprint density at radius 1 is 1.20 bits per heavy atom. The van der Waals surface area contributed by atoms with Gasteiger partial charge in [0.05, 0.1) is 5.69 Å². The second kappa shape index (κ2) is 5.81. The number of nitrogens with one attached hydrogen (secondary N) is 1. The van der Waals surface area contributed by atoms with Crippen molar-refractivity contribution in [1.82, 2.24) is 4.98 Å². The van der Waals surface area contributed by atoms with Crippen molar-refractivity contribution in [2.75, 3.05) is 5.32 Å². The Morgan fingerprint density at radius 2 is 1.95 bits per heavy atom. The number of hydrogen-bond acceptors (Lipinski definition) is 3. The first-order valence-corrected chi connectivity index (χ1v) is 5.93. The maximum absolute atomic E-state index is 12.3. The standard InChI is InChI=1S/C14H13F3N2O/c1-10-6-12(9-18-7-10)19-8-11-4-2-3-5-13(11)20-14(15,16)17/h2-7,9,19H,8H2,1H3. The van der Waals surface area contributed by atoms with Gasteiger partial charge in [0.15, 0.2) is 0 Å². The Labute approximate surface area is 114 Å². The lowest BCUT2D eigenvalue weighted by Crippen LogP contribution is -2.18. The molecular weight excluding hydrogens is 269 g/mol. The summed E-state index contributed by atoms with van der Waals surface area (Å²) in [6.45, 7) is 2.11. The van der Waals surface area contributed by atoms with Gasteiger partial charge in [-0.3, -0.25) is 4.98 Å². The minimum atomic E-state index is -4.69. The number of para-hydroxylation sites is 1. The van der Waals surface area contributed by atoms with Gasteiger partial charge in [0, 0.05) is 24.5 Å². The van der Waals surface area contributed by atoms with Crippen LogP contribution in [0.2, 0.25) is 0 Å². The molecule has 2 rings (SSSR count). The van der Waals surface area contributed by atoms with Gasteiger partial charge < -0.3 is 10.1 Å². The molecule has 1 aromatic heterocycles. The molecule has 0 fully saturated rings. The lowest BCUT2D eigenvalue weighted by molar-refractivity contribution is -0.274. The van der Waals surface area contributed by atoms with Crippen molar-refractivity contribution in [1.29, 1.82) is 0 Å². The largest absolute Gasteiger partial charge is 0.573 e. The van der Waals surface area contributed by atoms with E-state index in [4.69, 9.17) is 0 Å². The topological polar surface area (TPSA) is 34.2 Å². The number of aromatic nitrogens is 1. The van der Waals surface area contributed by atoms with Gasteiger partial charge in [-0.05, 0) is 24.6 Å². The fourth-order valence-corrected chi connectivity index (χ4v) is 1.72. The van der Waals surface area contributed by atoms with Gasteiger partial charge >= 0.3 is 6.36 Å². The van der Waals surface area contributed by atoms with E-state index in [2.05, 4.69) is 15.0 Å². The van der Waals surface area contributed by atoms with Gasteiger partial charge in [-0.25, -0.2) is 0 Å². The maximum Gasteiger partial charge on any atom is 0.573 e. The Balaban J connectivity index is 2.09. The number of hydrogen-bond donors (Lipinski definition) is 1. The van der Waals surface area contributed by atoms with Crippen LogP contribution >= 0.6 is 0 Å². The first kappa shape index (κ1) is 14.2. The van der Waals surface area contributed by atoms with Gasteiger partial charge in [0.1, 0.15) is 5.75 Å². The Bertz CT molecular complexity index is 585. The number of ether oxygens (including phenoxy) is 1. The first-order valence-electron chi connectivity index (χ1n) is 5.93. The quantitative estimate of drug-likeness (QED) is 0.923. The number of rotatable bonds is 4. The van der Waals surface area contributed by atoms with Gasteiger partial charge in [0.25, 0.3) is 0 Å². The summed E-state index contributed by atoms with van der Waals surface area (Å²) in [5, 5.41) is 3.02. The SMILES string of the molecule is Cc1cncc(NCc2ccccc2OC(F)(F)F)c1. The molecule has 0 bridgehead atoms. The number of aryl methyl sites for hydroxylation is 1. The monoisotopic (exact) mass is 282 g/mol. The molecule has 0 spiro atoms. The van der Waals surface area contributed by atoms with Gasteiger partial charge in [-0.15, -0.1) is 13.2 Å². The molecule has 3 nitrogen and oxygen atoms in total. The van der Waals surface area contributed by atoms with E-state index in [1.54, 1.807) is 24.5 Å². The van der Waals surface area contributed by atoms with Crippen molar-refractivity contribution in [3.05, 3.63) is 53.9 Å². The summed E-state index contributed by atoms with van der Waals surface area (Å²) in [5.41, 5.74) is 2.13. The average molecular weight is 282 g/mol. The normalized spacial score (nSPS) is 11.2. The summed E-state index contributed by atoms with van der Waals surface area (Å²) < 4.78 is 40.8. The van der Waals surface area contributed by atoms with Crippen molar-refractivity contribution in [2.45, 2.75) is 19.8 Å². The highest BCUT2D eigenvalue weighted by Crippen LogP contribution is 2.26. The lowest BCUT2D eigenvalue weighted by Gasteiger charge is -2.14. The second-order valence-electron chi connectivity index (χ2n) is 4.26. The van der Waals surface area contributed by atoms with E-state index in [9.17, 15) is 13.2 Å². The van der Waals surface area contributed by atoms with Crippen LogP contribution in [0.1, 0.15) is 11.1 Å². The van der Waals surface area contributed by atoms with Gasteiger partial charge in [-0.2, -0.15) is 0 Å². The van der Waals surface area contributed by atoms with E-state index in [0.717, 1.165) is 11.3 Å². The molecule has 1 aromatic carbocycles. The molecule has 6 heteroatoms. The molecule has 2 aromatic rings. The van der Waals surface area contributed by atoms with Crippen LogP contribution < -0.4 is 10.1 Å². The summed E-state index contributed by atoms with van der Waals surface area (Å²) in [6.07, 6.45) is -1.38. The zero-order chi connectivity index (χ0) is 14.6. The number of alkyl halides is 3. The molecule has 0 amide bonds. The second-order valence-corrected chi connectivity index (χ2v) is 4.26. The van der Waals surface area contributed by atoms with Crippen LogP contribution in [0.15, 0.2) is 42.7 Å². The van der Waals surface area contributed by atoms with Crippen LogP contribution in [0.5, 0.6) is 5.75 Å². The van der Waals surface area contributed by atoms with E-state index in [0.29, 0.717) is 5.56 Å². The van der Waals surface area contributed by atoms with E-state index in [1.807, 2.05) is 13.0 Å². The van der Waals surface area contributed by atoms with Crippen LogP contribution in [0.3, 0.4) is 0 Å². The molecule has 20 heavy (non-hydrogen) atoms. The number of anilines is 1. The molecule has 106 valence electrons. The van der Waals surface area contributed by atoms with E-state index < -0.39 is 6.36 Å². The van der Waals surface area contributed by atoms with E-state index in [1.165, 1.54) is 12.1 Å². The van der Waals surface area contributed by atoms with Crippen molar-refractivity contribution in [2.24, 2.45) is 0 Å². The zero-order valence-electron chi connectivity index (χ0n) is 10.7. The molecule has 0 aliphatic rings. The van der Waals surface area contributed by atoms with Crippen molar-refractivity contribution < 1.29 is 17.9 Å². The molecule has 0 radical (unpaired) electrons. The third-order valence-electron chi connectivity index (χ3n) is 2.56. The van der Waals surface area contributed by atoms with Crippen molar-refractivity contribution >= 4 is 5.69 Å². The highest BCUT2D eigenvalue weighted by molar-refractivity contribution is 5.45. The molecule has 0 aliphatic carbocycles. The van der Waals surface area contributed by atoms with Crippen molar-refractivity contribution in [3.8, 4) is 5.75 Å². The Kier molecular flexibility index (Phi) is 4.12. The molecule has 1 heterocycles. The third kappa shape index (κ3) is 4.15. The third-order valence-corrected chi connectivity index (χ3v) is 2.56. The van der Waals surface area contributed by atoms with Gasteiger partial charge in [-0.1, -0.05) is 18.2 Å². The smallest absolute Gasteiger partial charge is 0.405 e. The van der Waals surface area contributed by atoms with Crippen LogP contribution in [0.25, 0.3) is 0 Å². The number of nitrogens with zero attached hydrogens (tertiary/aromatic N) is 1. The van der Waals surface area contributed by atoms with Crippen LogP contribution in [-0.4, -0.2) is 11.3 Å². The predicted octanol–water partition coefficient (Wildman–Crippen LogP) is 3.90. The number of pyridine rings is 1. The molecule has 0 atom stereocenters. The minimum absolute atomic E-state index is 0.201. The average Bonchev–Trinajstić information content (AvgIpc) is 2.36. The zero-order valence-corrected chi connectivity index (χ0v) is 10.7. The van der Waals surface area contributed by atoms with Crippen LogP contribution in [0, 0.1) is 6.92 Å². The molecule has 0 unspecified atom stereocenters. The fourth-order valence-electron chi connectivity index (χ4n) is 1.72. The first-order chi connectivity index (χ1) is 9.44. The summed E-state index contributed by atoms with van der Waals surface area (Å²) >= 11 is 0. The minimum Gasteiger partial charge on any atom is -0.405 e. The fraction of sp³-hybridized carbons (Fsp3) is 0.214. The van der Waals surface area contributed by atoms with Crippen LogP contribution in [0.4, 0.5) is 18.9 Å². The molecule has 0 saturated carbocycles. The van der Waals surface area contributed by atoms with Gasteiger partial charge in [0.2, 0.25) is 0 Å². The Morgan fingerprint density at radius 3 is 2.65 bits per heavy atom. The highest BCUT2D eigenvalue weighted by atomic mass is 19.4. The number of halogens is 3. The molecule has 0 saturated heterocycles. The van der Waals surface area contributed by atoms with E-state index >= 15 is 0 Å². The summed E-state index contributed by atoms with van der Waals surface area (Å²) in [6, 6.07) is 7.89. The summed E-state index contributed by atoms with van der Waals surface area (Å²) in [7, 11) is 0. The lowest BCUT2D eigenvalue weighted by atomic mass is 10.2. The van der Waals surface area contributed by atoms with Crippen molar-refractivity contribution in [3.63, 3.8) is 0 Å². The molecule has 1 N–H and O–H groups in total. The predicted molar refractivity (Wildman–Crippen MR) is 69.4 cm³/mol. The van der Waals surface area contributed by atoms with Crippen LogP contribution in [-0.2, 0) is 6.54 Å².